The molecule has 0 bridgehead atoms. The smallest absolute Gasteiger partial charge is 0.123 e. The van der Waals surface area contributed by atoms with E-state index in [4.69, 9.17) is 5.21 Å². The molecular weight excluding hydrogens is 205 g/mol. The lowest BCUT2D eigenvalue weighted by Gasteiger charge is -2.06. The van der Waals surface area contributed by atoms with Crippen molar-refractivity contribution in [1.29, 1.82) is 0 Å². The molecule has 0 aromatic heterocycles. The van der Waals surface area contributed by atoms with E-state index in [-0.39, 0.29) is 5.82 Å². The summed E-state index contributed by atoms with van der Waals surface area (Å²) in [5.41, 5.74) is 3.91. The number of allylic oxidation sites excluding steroid dienone is 2. The van der Waals surface area contributed by atoms with Crippen LogP contribution in [0.5, 0.6) is 0 Å². The minimum atomic E-state index is -0.247. The number of rotatable bonds is 2. The van der Waals surface area contributed by atoms with Crippen LogP contribution in [0.2, 0.25) is 0 Å². The molecule has 84 valence electrons. The van der Waals surface area contributed by atoms with Crippen molar-refractivity contribution in [2.75, 3.05) is 0 Å². The zero-order chi connectivity index (χ0) is 11.5. The van der Waals surface area contributed by atoms with Gasteiger partial charge in [-0.1, -0.05) is 29.8 Å². The quantitative estimate of drug-likeness (QED) is 0.598. The second-order valence-corrected chi connectivity index (χ2v) is 3.89. The third kappa shape index (κ3) is 1.85. The Kier molecular flexibility index (Phi) is 3.04. The molecule has 0 amide bonds. The average molecular weight is 219 g/mol. The van der Waals surface area contributed by atoms with Gasteiger partial charge in [-0.3, -0.25) is 0 Å². The predicted molar refractivity (Wildman–Crippen MR) is 62.1 cm³/mol. The van der Waals surface area contributed by atoms with Crippen LogP contribution in [0.1, 0.15) is 31.7 Å². The highest BCUT2D eigenvalue weighted by Gasteiger charge is 2.21. The highest BCUT2D eigenvalue weighted by Crippen LogP contribution is 2.33. The van der Waals surface area contributed by atoms with Crippen molar-refractivity contribution in [3.05, 3.63) is 41.2 Å². The van der Waals surface area contributed by atoms with E-state index in [1.165, 1.54) is 17.7 Å². The summed E-state index contributed by atoms with van der Waals surface area (Å²) in [7, 11) is 0. The predicted octanol–water partition coefficient (Wildman–Crippen LogP) is 3.61. The molecule has 0 radical (unpaired) electrons. The zero-order valence-electron chi connectivity index (χ0n) is 9.20. The van der Waals surface area contributed by atoms with E-state index in [0.717, 1.165) is 30.4 Å². The molecule has 0 spiro atoms. The molecule has 1 N–H and O–H groups in total. The van der Waals surface area contributed by atoms with Gasteiger partial charge >= 0.3 is 0 Å². The molecule has 2 nitrogen and oxygen atoms in total. The molecule has 1 aliphatic carbocycles. The molecule has 1 aliphatic rings. The Hall–Kier alpha value is -1.64. The van der Waals surface area contributed by atoms with Gasteiger partial charge in [-0.15, -0.1) is 0 Å². The van der Waals surface area contributed by atoms with Gasteiger partial charge in [0.05, 0.1) is 5.71 Å². The summed E-state index contributed by atoms with van der Waals surface area (Å²) >= 11 is 0. The highest BCUT2D eigenvalue weighted by atomic mass is 19.1. The summed E-state index contributed by atoms with van der Waals surface area (Å²) in [6, 6.07) is 6.33. The number of hydrogen-bond acceptors (Lipinski definition) is 2. The van der Waals surface area contributed by atoms with Crippen LogP contribution in [0.4, 0.5) is 4.39 Å². The summed E-state index contributed by atoms with van der Waals surface area (Å²) < 4.78 is 12.8. The standard InChI is InChI=1S/C13H14FNO/c1-2-9-5-8-12(15-16)13(9)10-3-6-11(14)7-4-10/h3-4,6-7,16H,2,5,8H2,1H3. The minimum Gasteiger partial charge on any atom is -0.411 e. The van der Waals surface area contributed by atoms with Crippen molar-refractivity contribution < 1.29 is 9.60 Å². The summed E-state index contributed by atoms with van der Waals surface area (Å²) in [6.45, 7) is 2.08. The number of oxime groups is 1. The lowest BCUT2D eigenvalue weighted by atomic mass is 10.00. The summed E-state index contributed by atoms with van der Waals surface area (Å²) in [6.07, 6.45) is 2.64. The summed E-state index contributed by atoms with van der Waals surface area (Å²) in [4.78, 5) is 0. The van der Waals surface area contributed by atoms with Crippen LogP contribution in [0.15, 0.2) is 35.0 Å². The Morgan fingerprint density at radius 2 is 1.94 bits per heavy atom. The second-order valence-electron chi connectivity index (χ2n) is 3.89. The topological polar surface area (TPSA) is 32.6 Å². The molecular formula is C13H14FNO. The SMILES string of the molecule is CCC1=C(c2ccc(F)cc2)C(=NO)CC1. The number of benzene rings is 1. The second kappa shape index (κ2) is 4.47. The van der Waals surface area contributed by atoms with Gasteiger partial charge in [0, 0.05) is 5.57 Å². The maximum atomic E-state index is 12.8. The number of hydrogen-bond donors (Lipinski definition) is 1. The van der Waals surface area contributed by atoms with Crippen molar-refractivity contribution in [2.45, 2.75) is 26.2 Å². The van der Waals surface area contributed by atoms with E-state index in [1.54, 1.807) is 12.1 Å². The molecule has 2 rings (SSSR count). The van der Waals surface area contributed by atoms with Crippen LogP contribution in [0.3, 0.4) is 0 Å². The summed E-state index contributed by atoms with van der Waals surface area (Å²) in [5, 5.41) is 12.3. The maximum absolute atomic E-state index is 12.8. The first-order valence-corrected chi connectivity index (χ1v) is 5.45. The lowest BCUT2D eigenvalue weighted by molar-refractivity contribution is 0.319. The van der Waals surface area contributed by atoms with Crippen molar-refractivity contribution in [1.82, 2.24) is 0 Å². The van der Waals surface area contributed by atoms with Gasteiger partial charge in [0.1, 0.15) is 5.82 Å². The molecule has 0 unspecified atom stereocenters. The van der Waals surface area contributed by atoms with Crippen LogP contribution >= 0.6 is 0 Å². The van der Waals surface area contributed by atoms with Gasteiger partial charge < -0.3 is 5.21 Å². The van der Waals surface area contributed by atoms with E-state index in [0.29, 0.717) is 5.71 Å². The highest BCUT2D eigenvalue weighted by molar-refractivity contribution is 6.26. The molecule has 0 saturated heterocycles. The molecule has 1 aromatic carbocycles. The minimum absolute atomic E-state index is 0.247. The Bertz CT molecular complexity index is 446. The van der Waals surface area contributed by atoms with Crippen molar-refractivity contribution in [3.8, 4) is 0 Å². The fourth-order valence-corrected chi connectivity index (χ4v) is 2.16. The van der Waals surface area contributed by atoms with Crippen LogP contribution < -0.4 is 0 Å². The molecule has 0 aliphatic heterocycles. The Balaban J connectivity index is 2.47. The van der Waals surface area contributed by atoms with Crippen LogP contribution in [-0.4, -0.2) is 10.9 Å². The van der Waals surface area contributed by atoms with Crippen molar-refractivity contribution in [3.63, 3.8) is 0 Å². The monoisotopic (exact) mass is 219 g/mol. The molecule has 16 heavy (non-hydrogen) atoms. The molecule has 1 aromatic rings. The lowest BCUT2D eigenvalue weighted by Crippen LogP contribution is -1.97. The van der Waals surface area contributed by atoms with Crippen molar-refractivity contribution in [2.24, 2.45) is 5.16 Å². The maximum Gasteiger partial charge on any atom is 0.123 e. The third-order valence-corrected chi connectivity index (χ3v) is 2.99. The molecule has 3 heteroatoms. The number of nitrogens with zero attached hydrogens (tertiary/aromatic N) is 1. The van der Waals surface area contributed by atoms with Crippen LogP contribution in [0, 0.1) is 5.82 Å². The Morgan fingerprint density at radius 3 is 2.50 bits per heavy atom. The molecule has 0 heterocycles. The first kappa shape index (κ1) is 10.9. The van der Waals surface area contributed by atoms with E-state index < -0.39 is 0 Å². The first-order chi connectivity index (χ1) is 7.76. The molecule has 0 saturated carbocycles. The van der Waals surface area contributed by atoms with E-state index in [9.17, 15) is 4.39 Å². The Morgan fingerprint density at radius 1 is 1.25 bits per heavy atom. The van der Waals surface area contributed by atoms with E-state index in [2.05, 4.69) is 12.1 Å². The van der Waals surface area contributed by atoms with Crippen LogP contribution in [-0.2, 0) is 0 Å². The van der Waals surface area contributed by atoms with Gasteiger partial charge in [0.2, 0.25) is 0 Å². The average Bonchev–Trinajstić information content (AvgIpc) is 2.73. The first-order valence-electron chi connectivity index (χ1n) is 5.45. The third-order valence-electron chi connectivity index (χ3n) is 2.99. The van der Waals surface area contributed by atoms with Gasteiger partial charge in [0.25, 0.3) is 0 Å². The van der Waals surface area contributed by atoms with E-state index >= 15 is 0 Å². The fraction of sp³-hybridized carbons (Fsp3) is 0.308. The van der Waals surface area contributed by atoms with Crippen LogP contribution in [0.25, 0.3) is 5.57 Å². The van der Waals surface area contributed by atoms with E-state index in [1.807, 2.05) is 0 Å². The van der Waals surface area contributed by atoms with Gasteiger partial charge in [-0.2, -0.15) is 0 Å². The normalized spacial score (nSPS) is 18.5. The molecule has 0 fully saturated rings. The Labute approximate surface area is 94.1 Å². The van der Waals surface area contributed by atoms with Gasteiger partial charge in [-0.05, 0) is 37.0 Å². The number of halogens is 1. The summed E-state index contributed by atoms with van der Waals surface area (Å²) in [5.74, 6) is -0.247. The van der Waals surface area contributed by atoms with Gasteiger partial charge in [-0.25, -0.2) is 4.39 Å². The van der Waals surface area contributed by atoms with Gasteiger partial charge in [0.15, 0.2) is 0 Å². The fourth-order valence-electron chi connectivity index (χ4n) is 2.16. The largest absolute Gasteiger partial charge is 0.411 e. The van der Waals surface area contributed by atoms with Crippen molar-refractivity contribution >= 4 is 11.3 Å². The zero-order valence-corrected chi connectivity index (χ0v) is 9.20. The molecule has 0 atom stereocenters.